The van der Waals surface area contributed by atoms with Gasteiger partial charge in [-0.3, -0.25) is 4.68 Å². The third kappa shape index (κ3) is 2.27. The van der Waals surface area contributed by atoms with Gasteiger partial charge in [0, 0.05) is 49.4 Å². The van der Waals surface area contributed by atoms with E-state index in [0.717, 1.165) is 31.6 Å². The molecule has 132 valence electrons. The van der Waals surface area contributed by atoms with Gasteiger partial charge in [0.25, 0.3) is 5.92 Å². The zero-order chi connectivity index (χ0) is 17.2. The summed E-state index contributed by atoms with van der Waals surface area (Å²) in [4.78, 5) is 10.9. The molecule has 3 aliphatic rings. The molecule has 25 heavy (non-hydrogen) atoms. The smallest absolute Gasteiger partial charge is 0.290 e. The van der Waals surface area contributed by atoms with E-state index in [1.807, 2.05) is 15.8 Å². The number of fused-ring (bicyclic) bond motifs is 1. The number of nitrogens with zero attached hydrogens (tertiary/aromatic N) is 5. The number of hydrogen-bond acceptors (Lipinski definition) is 5. The predicted octanol–water partition coefficient (Wildman–Crippen LogP) is 2.12. The largest absolute Gasteiger partial charge is 0.338 e. The molecule has 0 unspecified atom stereocenters. The monoisotopic (exact) mass is 346 g/mol. The van der Waals surface area contributed by atoms with Crippen molar-refractivity contribution < 1.29 is 8.78 Å². The van der Waals surface area contributed by atoms with Gasteiger partial charge in [-0.05, 0) is 19.8 Å². The van der Waals surface area contributed by atoms with Crippen LogP contribution in [0.4, 0.5) is 14.7 Å². The summed E-state index contributed by atoms with van der Waals surface area (Å²) in [6.45, 7) is 4.66. The Morgan fingerprint density at radius 2 is 2.12 bits per heavy atom. The molecule has 5 rings (SSSR count). The summed E-state index contributed by atoms with van der Waals surface area (Å²) in [5, 5.41) is 7.63. The quantitative estimate of drug-likeness (QED) is 0.923. The lowest BCUT2D eigenvalue weighted by Crippen LogP contribution is -2.47. The Labute approximate surface area is 144 Å². The lowest BCUT2D eigenvalue weighted by molar-refractivity contribution is -0.00595. The van der Waals surface area contributed by atoms with Crippen molar-refractivity contribution in [3.05, 3.63) is 23.7 Å². The predicted molar refractivity (Wildman–Crippen MR) is 88.8 cm³/mol. The van der Waals surface area contributed by atoms with E-state index >= 15 is 0 Å². The van der Waals surface area contributed by atoms with Crippen molar-refractivity contribution in [3.8, 4) is 11.3 Å². The van der Waals surface area contributed by atoms with Crippen molar-refractivity contribution >= 4 is 5.95 Å². The highest BCUT2D eigenvalue weighted by Gasteiger charge is 2.44. The van der Waals surface area contributed by atoms with Crippen LogP contribution in [0.5, 0.6) is 0 Å². The Morgan fingerprint density at radius 1 is 1.28 bits per heavy atom. The van der Waals surface area contributed by atoms with E-state index in [2.05, 4.69) is 27.3 Å². The number of halogens is 2. The summed E-state index contributed by atoms with van der Waals surface area (Å²) < 4.78 is 30.6. The minimum atomic E-state index is -2.87. The van der Waals surface area contributed by atoms with Crippen molar-refractivity contribution in [1.29, 1.82) is 0 Å². The highest BCUT2D eigenvalue weighted by Crippen LogP contribution is 2.44. The summed E-state index contributed by atoms with van der Waals surface area (Å²) in [6, 6.07) is 0.629. The van der Waals surface area contributed by atoms with E-state index in [-0.39, 0.29) is 12.1 Å². The molecular formula is C17H20F2N6. The summed E-state index contributed by atoms with van der Waals surface area (Å²) >= 11 is 0. The molecule has 0 amide bonds. The molecule has 0 radical (unpaired) electrons. The van der Waals surface area contributed by atoms with E-state index in [1.54, 1.807) is 6.20 Å². The number of anilines is 1. The maximum absolute atomic E-state index is 14.4. The fourth-order valence-corrected chi connectivity index (χ4v) is 3.71. The Morgan fingerprint density at radius 3 is 2.76 bits per heavy atom. The van der Waals surface area contributed by atoms with Crippen LogP contribution in [0.2, 0.25) is 0 Å². The van der Waals surface area contributed by atoms with Crippen LogP contribution in [0.25, 0.3) is 11.3 Å². The molecule has 2 saturated heterocycles. The molecule has 0 saturated carbocycles. The van der Waals surface area contributed by atoms with E-state index < -0.39 is 5.92 Å². The van der Waals surface area contributed by atoms with Gasteiger partial charge in [-0.1, -0.05) is 0 Å². The topological polar surface area (TPSA) is 58.9 Å². The number of rotatable bonds is 3. The number of alkyl halides is 2. The van der Waals surface area contributed by atoms with Crippen LogP contribution in [-0.4, -0.2) is 45.4 Å². The molecule has 0 spiro atoms. The highest BCUT2D eigenvalue weighted by molar-refractivity contribution is 5.66. The van der Waals surface area contributed by atoms with Gasteiger partial charge in [-0.15, -0.1) is 0 Å². The van der Waals surface area contributed by atoms with Crippen molar-refractivity contribution in [2.24, 2.45) is 0 Å². The molecule has 4 heterocycles. The molecule has 2 aliphatic heterocycles. The van der Waals surface area contributed by atoms with Gasteiger partial charge in [0.05, 0.1) is 17.9 Å². The standard InChI is InChI=1S/C17H20F2N6/c1-10-3-5-24(10)16-22-14(13-2-4-17(18,19)15(13)23-16)11-6-21-25(9-11)12-7-20-8-12/h6,9-10,12,20H,2-5,7-8H2,1H3/t10-/m0/s1. The molecule has 0 aromatic carbocycles. The second-order valence-electron chi connectivity index (χ2n) is 7.26. The molecule has 2 aromatic rings. The summed E-state index contributed by atoms with van der Waals surface area (Å²) in [5.74, 6) is -2.45. The molecular weight excluding hydrogens is 326 g/mol. The first-order valence-corrected chi connectivity index (χ1v) is 8.84. The molecule has 2 aromatic heterocycles. The fourth-order valence-electron chi connectivity index (χ4n) is 3.71. The number of nitrogens with one attached hydrogen (secondary N) is 1. The molecule has 8 heteroatoms. The lowest BCUT2D eigenvalue weighted by Gasteiger charge is -2.39. The zero-order valence-electron chi connectivity index (χ0n) is 14.0. The number of hydrogen-bond donors (Lipinski definition) is 1. The van der Waals surface area contributed by atoms with E-state index in [9.17, 15) is 8.78 Å². The first-order valence-electron chi connectivity index (χ1n) is 8.84. The van der Waals surface area contributed by atoms with E-state index in [1.165, 1.54) is 0 Å². The van der Waals surface area contributed by atoms with Crippen molar-refractivity contribution in [2.45, 2.75) is 44.2 Å². The SMILES string of the molecule is C[C@H]1CCN1c1nc(-c2cnn(C3CNC3)c2)c2c(n1)C(F)(F)CC2. The second kappa shape index (κ2) is 5.20. The third-order valence-corrected chi connectivity index (χ3v) is 5.62. The minimum absolute atomic E-state index is 0.0929. The van der Waals surface area contributed by atoms with Gasteiger partial charge < -0.3 is 10.2 Å². The van der Waals surface area contributed by atoms with Crippen molar-refractivity contribution in [3.63, 3.8) is 0 Å². The maximum Gasteiger partial charge on any atom is 0.290 e. The van der Waals surface area contributed by atoms with Crippen LogP contribution in [0.15, 0.2) is 12.4 Å². The Bertz CT molecular complexity index is 829. The normalized spacial score (nSPS) is 24.8. The molecule has 0 bridgehead atoms. The van der Waals surface area contributed by atoms with Crippen LogP contribution in [-0.2, 0) is 12.3 Å². The average molecular weight is 346 g/mol. The van der Waals surface area contributed by atoms with Gasteiger partial charge >= 0.3 is 0 Å². The van der Waals surface area contributed by atoms with Crippen molar-refractivity contribution in [1.82, 2.24) is 25.1 Å². The van der Waals surface area contributed by atoms with Gasteiger partial charge in [0.1, 0.15) is 5.69 Å². The van der Waals surface area contributed by atoms with Gasteiger partial charge in [-0.2, -0.15) is 13.9 Å². The van der Waals surface area contributed by atoms with Crippen LogP contribution < -0.4 is 10.2 Å². The van der Waals surface area contributed by atoms with Gasteiger partial charge in [0.2, 0.25) is 5.95 Å². The molecule has 1 aliphatic carbocycles. The fraction of sp³-hybridized carbons (Fsp3) is 0.588. The summed E-state index contributed by atoms with van der Waals surface area (Å²) in [5.41, 5.74) is 1.91. The molecule has 1 atom stereocenters. The molecule has 2 fully saturated rings. The first kappa shape index (κ1) is 15.2. The van der Waals surface area contributed by atoms with E-state index in [0.29, 0.717) is 35.7 Å². The van der Waals surface area contributed by atoms with Crippen LogP contribution in [0, 0.1) is 0 Å². The van der Waals surface area contributed by atoms with Crippen molar-refractivity contribution in [2.75, 3.05) is 24.5 Å². The maximum atomic E-state index is 14.4. The lowest BCUT2D eigenvalue weighted by atomic mass is 10.1. The first-order chi connectivity index (χ1) is 12.0. The molecule has 6 nitrogen and oxygen atoms in total. The minimum Gasteiger partial charge on any atom is -0.338 e. The van der Waals surface area contributed by atoms with Crippen LogP contribution in [0.1, 0.15) is 37.1 Å². The summed E-state index contributed by atoms with van der Waals surface area (Å²) in [7, 11) is 0. The van der Waals surface area contributed by atoms with Crippen LogP contribution in [0.3, 0.4) is 0 Å². The third-order valence-electron chi connectivity index (χ3n) is 5.62. The Hall–Kier alpha value is -2.09. The van der Waals surface area contributed by atoms with Crippen LogP contribution >= 0.6 is 0 Å². The van der Waals surface area contributed by atoms with E-state index in [4.69, 9.17) is 0 Å². The Kier molecular flexibility index (Phi) is 3.16. The summed E-state index contributed by atoms with van der Waals surface area (Å²) in [6.07, 6.45) is 4.82. The average Bonchev–Trinajstić information content (AvgIpc) is 3.09. The Balaban J connectivity index is 1.61. The zero-order valence-corrected chi connectivity index (χ0v) is 14.0. The number of aromatic nitrogens is 4. The second-order valence-corrected chi connectivity index (χ2v) is 7.26. The molecule has 1 N–H and O–H groups in total. The van der Waals surface area contributed by atoms with Gasteiger partial charge in [0.15, 0.2) is 0 Å². The van der Waals surface area contributed by atoms with Gasteiger partial charge in [-0.25, -0.2) is 9.97 Å². The highest BCUT2D eigenvalue weighted by atomic mass is 19.3.